The van der Waals surface area contributed by atoms with Crippen molar-refractivity contribution < 1.29 is 9.32 Å². The summed E-state index contributed by atoms with van der Waals surface area (Å²) in [6.07, 6.45) is 6.85. The van der Waals surface area contributed by atoms with Crippen molar-refractivity contribution in [1.82, 2.24) is 25.0 Å². The lowest BCUT2D eigenvalue weighted by molar-refractivity contribution is 0.0941. The topological polar surface area (TPSA) is 85.8 Å². The van der Waals surface area contributed by atoms with Crippen LogP contribution in [0.5, 0.6) is 0 Å². The molecule has 0 bridgehead atoms. The van der Waals surface area contributed by atoms with E-state index < -0.39 is 0 Å². The van der Waals surface area contributed by atoms with E-state index in [0.29, 0.717) is 12.3 Å². The van der Waals surface area contributed by atoms with Crippen LogP contribution in [0.25, 0.3) is 5.82 Å². The Kier molecular flexibility index (Phi) is 4.18. The molecule has 1 N–H and O–H groups in total. The molecule has 0 atom stereocenters. The monoisotopic (exact) mass is 311 g/mol. The largest absolute Gasteiger partial charge is 0.360 e. The van der Waals surface area contributed by atoms with Crippen LogP contribution in [0, 0.1) is 0 Å². The van der Waals surface area contributed by atoms with Gasteiger partial charge in [0.05, 0.1) is 0 Å². The first-order valence-electron chi connectivity index (χ1n) is 7.32. The first-order chi connectivity index (χ1) is 11.1. The minimum atomic E-state index is -0.277. The third kappa shape index (κ3) is 3.28. The molecule has 1 amide bonds. The number of rotatable bonds is 5. The second kappa shape index (κ2) is 6.43. The van der Waals surface area contributed by atoms with E-state index in [2.05, 4.69) is 20.4 Å². The van der Waals surface area contributed by atoms with Gasteiger partial charge in [-0.05, 0) is 6.07 Å². The number of carbonyl (C=O) groups excluding carboxylic acids is 1. The van der Waals surface area contributed by atoms with Gasteiger partial charge in [0.1, 0.15) is 17.9 Å². The van der Waals surface area contributed by atoms with Gasteiger partial charge in [-0.3, -0.25) is 9.36 Å². The van der Waals surface area contributed by atoms with E-state index in [1.54, 1.807) is 35.6 Å². The van der Waals surface area contributed by atoms with Crippen molar-refractivity contribution in [2.24, 2.45) is 0 Å². The highest BCUT2D eigenvalue weighted by molar-refractivity contribution is 5.92. The molecule has 118 valence electrons. The van der Waals surface area contributed by atoms with Gasteiger partial charge in [-0.25, -0.2) is 9.97 Å². The van der Waals surface area contributed by atoms with Gasteiger partial charge in [0.2, 0.25) is 0 Å². The number of nitrogens with one attached hydrogen (secondary N) is 1. The average molecular weight is 311 g/mol. The van der Waals surface area contributed by atoms with E-state index in [9.17, 15) is 4.79 Å². The molecule has 0 aromatic carbocycles. The van der Waals surface area contributed by atoms with Crippen LogP contribution in [0.2, 0.25) is 0 Å². The molecular formula is C16H17N5O2. The summed E-state index contributed by atoms with van der Waals surface area (Å²) in [4.78, 5) is 20.5. The van der Waals surface area contributed by atoms with Crippen molar-refractivity contribution in [3.63, 3.8) is 0 Å². The van der Waals surface area contributed by atoms with E-state index in [-0.39, 0.29) is 17.5 Å². The highest BCUT2D eigenvalue weighted by Gasteiger charge is 2.15. The second-order valence-corrected chi connectivity index (χ2v) is 5.41. The molecule has 3 rings (SSSR count). The molecule has 0 aliphatic rings. The molecule has 0 aliphatic heterocycles. The minimum Gasteiger partial charge on any atom is -0.360 e. The molecule has 0 fully saturated rings. The SMILES string of the molecule is CC(C)c1cc(C(=O)NCc2cccnc2-n2ccnc2)no1. The van der Waals surface area contributed by atoms with Crippen molar-refractivity contribution in [3.8, 4) is 5.82 Å². The van der Waals surface area contributed by atoms with Gasteiger partial charge < -0.3 is 9.84 Å². The van der Waals surface area contributed by atoms with E-state index >= 15 is 0 Å². The Labute approximate surface area is 133 Å². The molecule has 23 heavy (non-hydrogen) atoms. The van der Waals surface area contributed by atoms with Crippen molar-refractivity contribution in [2.75, 3.05) is 0 Å². The summed E-state index contributed by atoms with van der Waals surface area (Å²) >= 11 is 0. The average Bonchev–Trinajstić information content (AvgIpc) is 3.24. The maximum absolute atomic E-state index is 12.2. The fraction of sp³-hybridized carbons (Fsp3) is 0.250. The molecule has 3 heterocycles. The van der Waals surface area contributed by atoms with E-state index in [1.165, 1.54) is 0 Å². The number of carbonyl (C=O) groups is 1. The molecule has 0 saturated carbocycles. The summed E-state index contributed by atoms with van der Waals surface area (Å²) in [5.74, 6) is 1.33. The van der Waals surface area contributed by atoms with Crippen LogP contribution >= 0.6 is 0 Å². The molecule has 7 heteroatoms. The number of aromatic nitrogens is 4. The van der Waals surface area contributed by atoms with Gasteiger partial charge in [-0.15, -0.1) is 0 Å². The molecule has 0 unspecified atom stereocenters. The number of hydrogen-bond donors (Lipinski definition) is 1. The lowest BCUT2D eigenvalue weighted by Gasteiger charge is -2.09. The van der Waals surface area contributed by atoms with Crippen molar-refractivity contribution >= 4 is 5.91 Å². The molecule has 7 nitrogen and oxygen atoms in total. The summed E-state index contributed by atoms with van der Waals surface area (Å²) in [7, 11) is 0. The molecule has 0 aliphatic carbocycles. The van der Waals surface area contributed by atoms with Gasteiger partial charge in [0.25, 0.3) is 5.91 Å². The lowest BCUT2D eigenvalue weighted by Crippen LogP contribution is -2.24. The lowest BCUT2D eigenvalue weighted by atomic mass is 10.1. The second-order valence-electron chi connectivity index (χ2n) is 5.41. The quantitative estimate of drug-likeness (QED) is 0.781. The van der Waals surface area contributed by atoms with Gasteiger partial charge in [-0.2, -0.15) is 0 Å². The van der Waals surface area contributed by atoms with Crippen LogP contribution in [0.3, 0.4) is 0 Å². The van der Waals surface area contributed by atoms with E-state index in [1.807, 2.05) is 26.0 Å². The molecule has 3 aromatic heterocycles. The zero-order valence-electron chi connectivity index (χ0n) is 12.9. The fourth-order valence-corrected chi connectivity index (χ4v) is 2.12. The summed E-state index contributed by atoms with van der Waals surface area (Å²) < 4.78 is 6.95. The van der Waals surface area contributed by atoms with Gasteiger partial charge in [0.15, 0.2) is 5.69 Å². The van der Waals surface area contributed by atoms with Crippen LogP contribution in [-0.2, 0) is 6.54 Å². The van der Waals surface area contributed by atoms with E-state index in [4.69, 9.17) is 4.52 Å². The van der Waals surface area contributed by atoms with Crippen molar-refractivity contribution in [1.29, 1.82) is 0 Å². The normalized spacial score (nSPS) is 10.9. The number of imidazole rings is 1. The number of amides is 1. The summed E-state index contributed by atoms with van der Waals surface area (Å²) in [5.41, 5.74) is 1.16. The zero-order chi connectivity index (χ0) is 16.2. The van der Waals surface area contributed by atoms with Gasteiger partial charge in [0, 0.05) is 42.7 Å². The smallest absolute Gasteiger partial charge is 0.273 e. The summed E-state index contributed by atoms with van der Waals surface area (Å²) in [6, 6.07) is 5.40. The zero-order valence-corrected chi connectivity index (χ0v) is 12.9. The molecular weight excluding hydrogens is 294 g/mol. The Bertz CT molecular complexity index is 792. The van der Waals surface area contributed by atoms with Crippen LogP contribution in [-0.4, -0.2) is 25.6 Å². The predicted octanol–water partition coefficient (Wildman–Crippen LogP) is 2.31. The Hall–Kier alpha value is -2.96. The number of nitrogens with zero attached hydrogens (tertiary/aromatic N) is 4. The first-order valence-corrected chi connectivity index (χ1v) is 7.32. The maximum Gasteiger partial charge on any atom is 0.273 e. The van der Waals surface area contributed by atoms with Crippen LogP contribution in [0.1, 0.15) is 41.6 Å². The molecule has 0 saturated heterocycles. The Morgan fingerprint density at radius 1 is 1.39 bits per heavy atom. The van der Waals surface area contributed by atoms with Crippen molar-refractivity contribution in [2.45, 2.75) is 26.3 Å². The fourth-order valence-electron chi connectivity index (χ4n) is 2.12. The first kappa shape index (κ1) is 15.0. The third-order valence-corrected chi connectivity index (χ3v) is 3.39. The molecule has 0 spiro atoms. The maximum atomic E-state index is 12.2. The van der Waals surface area contributed by atoms with Crippen molar-refractivity contribution in [3.05, 3.63) is 60.1 Å². The van der Waals surface area contributed by atoms with Crippen LogP contribution < -0.4 is 5.32 Å². The highest BCUT2D eigenvalue weighted by Crippen LogP contribution is 2.15. The summed E-state index contributed by atoms with van der Waals surface area (Å²) in [5, 5.41) is 6.64. The Balaban J connectivity index is 1.72. The molecule has 0 radical (unpaired) electrons. The Morgan fingerprint density at radius 3 is 2.96 bits per heavy atom. The number of pyridine rings is 1. The van der Waals surface area contributed by atoms with Crippen LogP contribution in [0.4, 0.5) is 0 Å². The number of hydrogen-bond acceptors (Lipinski definition) is 5. The van der Waals surface area contributed by atoms with Gasteiger partial charge in [-0.1, -0.05) is 25.1 Å². The highest BCUT2D eigenvalue weighted by atomic mass is 16.5. The van der Waals surface area contributed by atoms with Crippen LogP contribution in [0.15, 0.2) is 47.6 Å². The summed E-state index contributed by atoms with van der Waals surface area (Å²) in [6.45, 7) is 4.30. The standard InChI is InChI=1S/C16H17N5O2/c1-11(2)14-8-13(20-23-14)16(22)19-9-12-4-3-5-18-15(12)21-7-6-17-10-21/h3-8,10-11H,9H2,1-2H3,(H,19,22). The minimum absolute atomic E-state index is 0.190. The third-order valence-electron chi connectivity index (χ3n) is 3.39. The molecule has 3 aromatic rings. The van der Waals surface area contributed by atoms with E-state index in [0.717, 1.165) is 11.4 Å². The Morgan fingerprint density at radius 2 is 2.26 bits per heavy atom. The van der Waals surface area contributed by atoms with Gasteiger partial charge >= 0.3 is 0 Å². The predicted molar refractivity (Wildman–Crippen MR) is 83.1 cm³/mol.